The molecule has 1 fully saturated rings. The van der Waals surface area contributed by atoms with E-state index >= 15 is 0 Å². The summed E-state index contributed by atoms with van der Waals surface area (Å²) in [4.78, 5) is 5.22. The van der Waals surface area contributed by atoms with Crippen LogP contribution in [0.5, 0.6) is 0 Å². The lowest BCUT2D eigenvalue weighted by atomic mass is 10.1. The molecular weight excluding hydrogens is 310 g/mol. The summed E-state index contributed by atoms with van der Waals surface area (Å²) in [6.45, 7) is 3.82. The van der Waals surface area contributed by atoms with Gasteiger partial charge in [0.25, 0.3) is 0 Å². The van der Waals surface area contributed by atoms with E-state index in [0.717, 1.165) is 44.8 Å². The number of aliphatic hydroxyl groups is 1. The summed E-state index contributed by atoms with van der Waals surface area (Å²) in [7, 11) is 1.97. The van der Waals surface area contributed by atoms with Crippen LogP contribution >= 0.6 is 11.3 Å². The van der Waals surface area contributed by atoms with E-state index in [9.17, 15) is 5.11 Å². The zero-order valence-corrected chi connectivity index (χ0v) is 14.3. The van der Waals surface area contributed by atoms with Crippen LogP contribution in [-0.2, 0) is 37.9 Å². The number of thiophene rings is 1. The van der Waals surface area contributed by atoms with Gasteiger partial charge in [0.1, 0.15) is 0 Å². The molecule has 1 unspecified atom stereocenters. The smallest absolute Gasteiger partial charge is 0.0926 e. The Morgan fingerprint density at radius 2 is 2.35 bits per heavy atom. The number of rotatable bonds is 4. The van der Waals surface area contributed by atoms with Crippen molar-refractivity contribution in [1.82, 2.24) is 14.7 Å². The fourth-order valence-electron chi connectivity index (χ4n) is 3.66. The molecule has 2 aromatic rings. The number of nitrogens with zero attached hydrogens (tertiary/aromatic N) is 3. The highest BCUT2D eigenvalue weighted by molar-refractivity contribution is 7.12. The van der Waals surface area contributed by atoms with Gasteiger partial charge in [-0.3, -0.25) is 9.58 Å². The highest BCUT2D eigenvalue weighted by atomic mass is 32.1. The molecule has 0 aromatic carbocycles. The van der Waals surface area contributed by atoms with Crippen LogP contribution in [0, 0.1) is 0 Å². The zero-order valence-electron chi connectivity index (χ0n) is 13.5. The van der Waals surface area contributed by atoms with Gasteiger partial charge in [0.2, 0.25) is 0 Å². The lowest BCUT2D eigenvalue weighted by Gasteiger charge is -2.27. The van der Waals surface area contributed by atoms with Crippen molar-refractivity contribution in [2.45, 2.75) is 45.1 Å². The fourth-order valence-corrected chi connectivity index (χ4v) is 4.80. The van der Waals surface area contributed by atoms with Crippen LogP contribution in [0.4, 0.5) is 0 Å². The van der Waals surface area contributed by atoms with Crippen molar-refractivity contribution in [1.29, 1.82) is 0 Å². The maximum absolute atomic E-state index is 9.50. The van der Waals surface area contributed by atoms with E-state index in [0.29, 0.717) is 6.10 Å². The van der Waals surface area contributed by atoms with Crippen molar-refractivity contribution in [3.8, 4) is 0 Å². The number of ether oxygens (including phenoxy) is 1. The standard InChI is InChI=1S/C17H23N3O2S/c1-19-15-6-7-20(10-13(15)14(11-21)18-19)9-12-4-5-17(23-12)16-3-2-8-22-16/h4-5,16,21H,2-3,6-11H2,1H3. The zero-order chi connectivity index (χ0) is 15.8. The molecular formula is C17H23N3O2S. The first kappa shape index (κ1) is 15.3. The van der Waals surface area contributed by atoms with Gasteiger partial charge in [0.15, 0.2) is 0 Å². The van der Waals surface area contributed by atoms with Crippen molar-refractivity contribution in [2.75, 3.05) is 13.2 Å². The van der Waals surface area contributed by atoms with Crippen molar-refractivity contribution >= 4 is 11.3 Å². The van der Waals surface area contributed by atoms with Crippen molar-refractivity contribution < 1.29 is 9.84 Å². The van der Waals surface area contributed by atoms with Crippen LogP contribution in [0.3, 0.4) is 0 Å². The predicted octanol–water partition coefficient (Wildman–Crippen LogP) is 2.38. The van der Waals surface area contributed by atoms with Crippen LogP contribution in [0.15, 0.2) is 12.1 Å². The quantitative estimate of drug-likeness (QED) is 0.933. The lowest BCUT2D eigenvalue weighted by Crippen LogP contribution is -2.30. The SMILES string of the molecule is Cn1nc(CO)c2c1CCN(Cc1ccc(C3CCCO3)s1)C2. The molecule has 2 aliphatic heterocycles. The normalized spacial score (nSPS) is 21.7. The van der Waals surface area contributed by atoms with E-state index < -0.39 is 0 Å². The molecule has 0 bridgehead atoms. The Morgan fingerprint density at radius 1 is 1.43 bits per heavy atom. The van der Waals surface area contributed by atoms with E-state index in [-0.39, 0.29) is 6.61 Å². The molecule has 4 rings (SSSR count). The summed E-state index contributed by atoms with van der Waals surface area (Å²) >= 11 is 1.88. The number of fused-ring (bicyclic) bond motifs is 1. The first-order chi connectivity index (χ1) is 11.2. The number of aryl methyl sites for hydroxylation is 1. The minimum Gasteiger partial charge on any atom is -0.390 e. The fraction of sp³-hybridized carbons (Fsp3) is 0.588. The molecule has 4 heterocycles. The molecule has 0 saturated carbocycles. The third-order valence-electron chi connectivity index (χ3n) is 4.86. The van der Waals surface area contributed by atoms with Gasteiger partial charge in [-0.1, -0.05) is 0 Å². The molecule has 0 aliphatic carbocycles. The summed E-state index contributed by atoms with van der Waals surface area (Å²) < 4.78 is 7.71. The Balaban J connectivity index is 1.45. The molecule has 2 aliphatic rings. The maximum atomic E-state index is 9.50. The largest absolute Gasteiger partial charge is 0.390 e. The van der Waals surface area contributed by atoms with E-state index in [1.54, 1.807) is 0 Å². The molecule has 124 valence electrons. The van der Waals surface area contributed by atoms with Crippen LogP contribution in [0.25, 0.3) is 0 Å². The maximum Gasteiger partial charge on any atom is 0.0926 e. The molecule has 0 amide bonds. The Labute approximate surface area is 140 Å². The average molecular weight is 333 g/mol. The van der Waals surface area contributed by atoms with E-state index in [1.807, 2.05) is 23.1 Å². The van der Waals surface area contributed by atoms with Gasteiger partial charge in [-0.05, 0) is 25.0 Å². The van der Waals surface area contributed by atoms with Crippen LogP contribution in [-0.4, -0.2) is 32.9 Å². The van der Waals surface area contributed by atoms with E-state index in [4.69, 9.17) is 4.74 Å². The van der Waals surface area contributed by atoms with Gasteiger partial charge < -0.3 is 9.84 Å². The highest BCUT2D eigenvalue weighted by Crippen LogP contribution is 2.34. The van der Waals surface area contributed by atoms with Crippen molar-refractivity contribution in [2.24, 2.45) is 7.05 Å². The summed E-state index contributed by atoms with van der Waals surface area (Å²) in [5, 5.41) is 13.9. The second kappa shape index (κ2) is 6.36. The molecule has 6 heteroatoms. The van der Waals surface area contributed by atoms with Gasteiger partial charge in [0.05, 0.1) is 18.4 Å². The van der Waals surface area contributed by atoms with Crippen molar-refractivity contribution in [3.63, 3.8) is 0 Å². The number of aliphatic hydroxyl groups excluding tert-OH is 1. The van der Waals surface area contributed by atoms with Crippen LogP contribution < -0.4 is 0 Å². The van der Waals surface area contributed by atoms with E-state index in [2.05, 4.69) is 22.1 Å². The number of hydrogen-bond acceptors (Lipinski definition) is 5. The number of hydrogen-bond donors (Lipinski definition) is 1. The molecule has 23 heavy (non-hydrogen) atoms. The Kier molecular flexibility index (Phi) is 4.24. The molecule has 1 atom stereocenters. The first-order valence-corrected chi connectivity index (χ1v) is 9.13. The second-order valence-electron chi connectivity index (χ2n) is 6.42. The van der Waals surface area contributed by atoms with Crippen molar-refractivity contribution in [3.05, 3.63) is 38.8 Å². The first-order valence-electron chi connectivity index (χ1n) is 8.31. The van der Waals surface area contributed by atoms with Gasteiger partial charge >= 0.3 is 0 Å². The highest BCUT2D eigenvalue weighted by Gasteiger charge is 2.24. The van der Waals surface area contributed by atoms with Crippen LogP contribution in [0.2, 0.25) is 0 Å². The monoisotopic (exact) mass is 333 g/mol. The Bertz CT molecular complexity index is 688. The van der Waals surface area contributed by atoms with E-state index in [1.165, 1.54) is 27.4 Å². The minimum atomic E-state index is 0.0270. The summed E-state index contributed by atoms with van der Waals surface area (Å²) in [6.07, 6.45) is 3.66. The minimum absolute atomic E-state index is 0.0270. The topological polar surface area (TPSA) is 50.5 Å². The van der Waals surface area contributed by atoms with Gasteiger partial charge in [-0.2, -0.15) is 5.10 Å². The van der Waals surface area contributed by atoms with Gasteiger partial charge in [-0.25, -0.2) is 0 Å². The summed E-state index contributed by atoms with van der Waals surface area (Å²) in [6, 6.07) is 4.47. The Morgan fingerprint density at radius 3 is 3.13 bits per heavy atom. The third-order valence-corrected chi connectivity index (χ3v) is 6.03. The molecule has 0 radical (unpaired) electrons. The van der Waals surface area contributed by atoms with Gasteiger partial charge in [-0.15, -0.1) is 11.3 Å². The molecule has 1 saturated heterocycles. The molecule has 0 spiro atoms. The third kappa shape index (κ3) is 2.96. The number of aromatic nitrogens is 2. The molecule has 5 nitrogen and oxygen atoms in total. The second-order valence-corrected chi connectivity index (χ2v) is 7.62. The summed E-state index contributed by atoms with van der Waals surface area (Å²) in [5.41, 5.74) is 3.33. The van der Waals surface area contributed by atoms with Crippen LogP contribution in [0.1, 0.15) is 45.7 Å². The molecule has 1 N–H and O–H groups in total. The molecule has 2 aromatic heterocycles. The lowest BCUT2D eigenvalue weighted by molar-refractivity contribution is 0.114. The Hall–Kier alpha value is -1.21. The average Bonchev–Trinajstić information content (AvgIpc) is 3.27. The summed E-state index contributed by atoms with van der Waals surface area (Å²) in [5.74, 6) is 0. The van der Waals surface area contributed by atoms with Gasteiger partial charge in [0, 0.05) is 60.7 Å². The predicted molar refractivity (Wildman–Crippen MR) is 89.2 cm³/mol.